The Hall–Kier alpha value is -1.17. The Morgan fingerprint density at radius 3 is 2.21 bits per heavy atom. The van der Waals surface area contributed by atoms with Crippen molar-refractivity contribution in [2.75, 3.05) is 21.3 Å². The van der Waals surface area contributed by atoms with Crippen LogP contribution < -0.4 is 10.1 Å². The Balaban J connectivity index is 2.72. The minimum atomic E-state index is -0.365. The third kappa shape index (κ3) is 4.16. The molecule has 1 rings (SSSR count). The summed E-state index contributed by atoms with van der Waals surface area (Å²) in [7, 11) is 4.62. The van der Waals surface area contributed by atoms with Gasteiger partial charge in [0.2, 0.25) is 0 Å². The SMILES string of the molecule is COc1ccc(C(C)NC(C)C(OC)OC)cc1F. The first-order chi connectivity index (χ1) is 9.03. The maximum absolute atomic E-state index is 13.6. The van der Waals surface area contributed by atoms with Crippen LogP contribution in [0.15, 0.2) is 18.2 Å². The van der Waals surface area contributed by atoms with Crippen LogP contribution in [0.25, 0.3) is 0 Å². The highest BCUT2D eigenvalue weighted by molar-refractivity contribution is 5.30. The van der Waals surface area contributed by atoms with Crippen LogP contribution in [0.4, 0.5) is 4.39 Å². The second-order valence-corrected chi connectivity index (χ2v) is 4.41. The van der Waals surface area contributed by atoms with Gasteiger partial charge in [-0.1, -0.05) is 6.07 Å². The molecule has 0 bridgehead atoms. The molecule has 1 aromatic rings. The maximum atomic E-state index is 13.6. The molecule has 19 heavy (non-hydrogen) atoms. The maximum Gasteiger partial charge on any atom is 0.171 e. The van der Waals surface area contributed by atoms with E-state index in [1.165, 1.54) is 13.2 Å². The highest BCUT2D eigenvalue weighted by Gasteiger charge is 2.19. The van der Waals surface area contributed by atoms with Crippen LogP contribution in [0.1, 0.15) is 25.5 Å². The number of hydrogen-bond acceptors (Lipinski definition) is 4. The molecule has 5 heteroatoms. The molecule has 108 valence electrons. The Bertz CT molecular complexity index is 396. The zero-order valence-electron chi connectivity index (χ0n) is 12.1. The molecule has 0 saturated carbocycles. The highest BCUT2D eigenvalue weighted by atomic mass is 19.1. The molecule has 2 atom stereocenters. The van der Waals surface area contributed by atoms with E-state index in [2.05, 4.69) is 5.32 Å². The molecule has 0 amide bonds. The zero-order valence-corrected chi connectivity index (χ0v) is 12.1. The number of halogens is 1. The van der Waals surface area contributed by atoms with Crippen molar-refractivity contribution in [3.8, 4) is 5.75 Å². The third-order valence-corrected chi connectivity index (χ3v) is 3.06. The van der Waals surface area contributed by atoms with Crippen molar-refractivity contribution in [1.82, 2.24) is 5.32 Å². The van der Waals surface area contributed by atoms with Gasteiger partial charge in [0.25, 0.3) is 0 Å². The average molecular weight is 271 g/mol. The molecule has 1 N–H and O–H groups in total. The van der Waals surface area contributed by atoms with Crippen LogP contribution in [-0.4, -0.2) is 33.7 Å². The summed E-state index contributed by atoms with van der Waals surface area (Å²) < 4.78 is 28.9. The van der Waals surface area contributed by atoms with Gasteiger partial charge in [-0.05, 0) is 31.5 Å². The van der Waals surface area contributed by atoms with Gasteiger partial charge in [0.05, 0.1) is 13.2 Å². The molecule has 0 aliphatic heterocycles. The molecular formula is C14H22FNO3. The Morgan fingerprint density at radius 2 is 1.74 bits per heavy atom. The molecule has 4 nitrogen and oxygen atoms in total. The molecule has 0 aromatic heterocycles. The number of ether oxygens (including phenoxy) is 3. The van der Waals surface area contributed by atoms with E-state index in [0.717, 1.165) is 5.56 Å². The van der Waals surface area contributed by atoms with Crippen LogP contribution in [0, 0.1) is 5.82 Å². The van der Waals surface area contributed by atoms with E-state index < -0.39 is 0 Å². The minimum Gasteiger partial charge on any atom is -0.494 e. The van der Waals surface area contributed by atoms with E-state index in [1.54, 1.807) is 20.3 Å². The Morgan fingerprint density at radius 1 is 1.11 bits per heavy atom. The van der Waals surface area contributed by atoms with Crippen molar-refractivity contribution < 1.29 is 18.6 Å². The highest BCUT2D eigenvalue weighted by Crippen LogP contribution is 2.22. The number of rotatable bonds is 7. The van der Waals surface area contributed by atoms with Crippen LogP contribution >= 0.6 is 0 Å². The summed E-state index contributed by atoms with van der Waals surface area (Å²) in [6.45, 7) is 3.91. The fourth-order valence-electron chi connectivity index (χ4n) is 2.03. The van der Waals surface area contributed by atoms with Crippen molar-refractivity contribution in [1.29, 1.82) is 0 Å². The summed E-state index contributed by atoms with van der Waals surface area (Å²) in [5.41, 5.74) is 0.844. The van der Waals surface area contributed by atoms with Crippen molar-refractivity contribution in [2.24, 2.45) is 0 Å². The van der Waals surface area contributed by atoms with Crippen molar-refractivity contribution >= 4 is 0 Å². The Labute approximate surface area is 113 Å². The quantitative estimate of drug-likeness (QED) is 0.773. The van der Waals surface area contributed by atoms with Crippen molar-refractivity contribution in [3.05, 3.63) is 29.6 Å². The van der Waals surface area contributed by atoms with Crippen LogP contribution in [0.5, 0.6) is 5.75 Å². The molecule has 0 spiro atoms. The van der Waals surface area contributed by atoms with E-state index in [-0.39, 0.29) is 29.9 Å². The van der Waals surface area contributed by atoms with Crippen molar-refractivity contribution in [3.63, 3.8) is 0 Å². The molecule has 1 aromatic carbocycles. The predicted octanol–water partition coefficient (Wildman–Crippen LogP) is 2.49. The van der Waals surface area contributed by atoms with Gasteiger partial charge in [0.15, 0.2) is 17.9 Å². The second kappa shape index (κ2) is 7.43. The van der Waals surface area contributed by atoms with Gasteiger partial charge in [-0.2, -0.15) is 0 Å². The minimum absolute atomic E-state index is 0.0184. The van der Waals surface area contributed by atoms with Gasteiger partial charge in [0.1, 0.15) is 0 Å². The first-order valence-corrected chi connectivity index (χ1v) is 6.18. The summed E-state index contributed by atoms with van der Waals surface area (Å²) in [6, 6.07) is 4.88. The first kappa shape index (κ1) is 15.9. The molecule has 0 aliphatic rings. The largest absolute Gasteiger partial charge is 0.494 e. The lowest BCUT2D eigenvalue weighted by atomic mass is 10.1. The summed E-state index contributed by atoms with van der Waals surface area (Å²) in [6.07, 6.45) is -0.342. The number of benzene rings is 1. The normalized spacial score (nSPS) is 14.5. The van der Waals surface area contributed by atoms with Crippen LogP contribution in [0.3, 0.4) is 0 Å². The summed E-state index contributed by atoms with van der Waals surface area (Å²) in [5.74, 6) is -0.119. The third-order valence-electron chi connectivity index (χ3n) is 3.06. The fraction of sp³-hybridized carbons (Fsp3) is 0.571. The van der Waals surface area contributed by atoms with Gasteiger partial charge in [-0.25, -0.2) is 4.39 Å². The second-order valence-electron chi connectivity index (χ2n) is 4.41. The van der Waals surface area contributed by atoms with E-state index in [9.17, 15) is 4.39 Å². The summed E-state index contributed by atoms with van der Waals surface area (Å²) in [5, 5.41) is 3.31. The van der Waals surface area contributed by atoms with E-state index >= 15 is 0 Å². The average Bonchev–Trinajstić information content (AvgIpc) is 2.39. The number of methoxy groups -OCH3 is 3. The predicted molar refractivity (Wildman–Crippen MR) is 71.8 cm³/mol. The first-order valence-electron chi connectivity index (χ1n) is 6.18. The molecule has 0 fully saturated rings. The van der Waals surface area contributed by atoms with Crippen LogP contribution in [-0.2, 0) is 9.47 Å². The molecule has 2 unspecified atom stereocenters. The molecule has 0 heterocycles. The molecule has 0 aliphatic carbocycles. The van der Waals surface area contributed by atoms with Gasteiger partial charge in [-0.15, -0.1) is 0 Å². The van der Waals surface area contributed by atoms with Crippen molar-refractivity contribution in [2.45, 2.75) is 32.2 Å². The van der Waals surface area contributed by atoms with E-state index in [0.29, 0.717) is 0 Å². The van der Waals surface area contributed by atoms with Gasteiger partial charge < -0.3 is 19.5 Å². The van der Waals surface area contributed by atoms with Gasteiger partial charge in [-0.3, -0.25) is 0 Å². The Kier molecular flexibility index (Phi) is 6.21. The molecular weight excluding hydrogens is 249 g/mol. The summed E-state index contributed by atoms with van der Waals surface area (Å²) >= 11 is 0. The summed E-state index contributed by atoms with van der Waals surface area (Å²) in [4.78, 5) is 0. The van der Waals surface area contributed by atoms with Gasteiger partial charge >= 0.3 is 0 Å². The molecule has 0 saturated heterocycles. The standard InChI is InChI=1S/C14H22FNO3/c1-9(16-10(2)14(18-4)19-5)11-6-7-13(17-3)12(15)8-11/h6-10,14,16H,1-5H3. The lowest BCUT2D eigenvalue weighted by Crippen LogP contribution is -2.40. The van der Waals surface area contributed by atoms with Gasteiger partial charge in [0, 0.05) is 20.3 Å². The monoisotopic (exact) mass is 271 g/mol. The van der Waals surface area contributed by atoms with E-state index in [1.807, 2.05) is 19.9 Å². The molecule has 0 radical (unpaired) electrons. The number of hydrogen-bond donors (Lipinski definition) is 1. The lowest BCUT2D eigenvalue weighted by Gasteiger charge is -2.26. The van der Waals surface area contributed by atoms with E-state index in [4.69, 9.17) is 14.2 Å². The zero-order chi connectivity index (χ0) is 14.4. The lowest BCUT2D eigenvalue weighted by molar-refractivity contribution is -0.120. The smallest absolute Gasteiger partial charge is 0.171 e. The van der Waals surface area contributed by atoms with Crippen LogP contribution in [0.2, 0.25) is 0 Å². The number of nitrogens with one attached hydrogen (secondary N) is 1. The fourth-order valence-corrected chi connectivity index (χ4v) is 2.03. The topological polar surface area (TPSA) is 39.7 Å².